The number of rotatable bonds is 2. The lowest BCUT2D eigenvalue weighted by Gasteiger charge is -2.42. The van der Waals surface area contributed by atoms with Gasteiger partial charge in [0.15, 0.2) is 0 Å². The third-order valence-corrected chi connectivity index (χ3v) is 5.75. The van der Waals surface area contributed by atoms with E-state index in [4.69, 9.17) is 4.74 Å². The van der Waals surface area contributed by atoms with Crippen molar-refractivity contribution in [3.8, 4) is 0 Å². The number of anilines is 1. The van der Waals surface area contributed by atoms with Gasteiger partial charge in [0.05, 0.1) is 30.5 Å². The van der Waals surface area contributed by atoms with Crippen LogP contribution in [0.1, 0.15) is 41.2 Å². The molecule has 7 heteroatoms. The van der Waals surface area contributed by atoms with Gasteiger partial charge in [0.2, 0.25) is 5.43 Å². The molecule has 1 saturated heterocycles. The molecule has 3 aliphatic rings. The molecule has 136 valence electrons. The number of carboxylic acids is 1. The van der Waals surface area contributed by atoms with Gasteiger partial charge >= 0.3 is 5.97 Å². The van der Waals surface area contributed by atoms with Crippen LogP contribution in [0.25, 0.3) is 10.9 Å². The lowest BCUT2D eigenvalue weighted by molar-refractivity contribution is 0.0694. The van der Waals surface area contributed by atoms with Crippen molar-refractivity contribution in [1.82, 2.24) is 4.57 Å². The average molecular weight is 358 g/mol. The third-order valence-electron chi connectivity index (χ3n) is 5.75. The Morgan fingerprint density at radius 1 is 1.27 bits per heavy atom. The summed E-state index contributed by atoms with van der Waals surface area (Å²) >= 11 is 0. The predicted molar refractivity (Wildman–Crippen MR) is 93.7 cm³/mol. The van der Waals surface area contributed by atoms with E-state index in [0.29, 0.717) is 37.4 Å². The van der Waals surface area contributed by atoms with Crippen molar-refractivity contribution in [2.75, 3.05) is 24.7 Å². The molecule has 1 aliphatic carbocycles. The van der Waals surface area contributed by atoms with E-state index in [1.807, 2.05) is 4.57 Å². The fourth-order valence-corrected chi connectivity index (χ4v) is 4.40. The van der Waals surface area contributed by atoms with Crippen LogP contribution in [0.3, 0.4) is 0 Å². The number of aromatic nitrogens is 1. The maximum Gasteiger partial charge on any atom is 0.341 e. The quantitative estimate of drug-likeness (QED) is 0.892. The standard InChI is InChI=1S/C19H19FN2O4/c20-15-7-13-16(12-4-3-11-9-26-6-5-21(11)17(12)15)22(10-1-2-10)8-14(18(13)23)19(24)25/h7-8,10-11H,1-6,9H2,(H,24,25). The first-order valence-electron chi connectivity index (χ1n) is 9.04. The van der Waals surface area contributed by atoms with Gasteiger partial charge in [-0.2, -0.15) is 0 Å². The lowest BCUT2D eigenvalue weighted by atomic mass is 9.92. The minimum Gasteiger partial charge on any atom is -0.477 e. The average Bonchev–Trinajstić information content (AvgIpc) is 3.47. The first-order valence-corrected chi connectivity index (χ1v) is 9.04. The first kappa shape index (κ1) is 15.8. The van der Waals surface area contributed by atoms with Gasteiger partial charge < -0.3 is 19.3 Å². The Kier molecular flexibility index (Phi) is 3.37. The highest BCUT2D eigenvalue weighted by atomic mass is 19.1. The first-order chi connectivity index (χ1) is 12.6. The number of ether oxygens (including phenoxy) is 1. The van der Waals surface area contributed by atoms with Gasteiger partial charge in [-0.25, -0.2) is 9.18 Å². The van der Waals surface area contributed by atoms with Gasteiger partial charge in [0.1, 0.15) is 11.4 Å². The molecule has 1 aromatic heterocycles. The number of fused-ring (bicyclic) bond motifs is 5. The Bertz CT molecular complexity index is 995. The molecule has 6 nitrogen and oxygen atoms in total. The zero-order chi connectivity index (χ0) is 18.0. The summed E-state index contributed by atoms with van der Waals surface area (Å²) in [7, 11) is 0. The molecular formula is C19H19FN2O4. The number of aromatic carboxylic acids is 1. The molecular weight excluding hydrogens is 339 g/mol. The Labute approximate surface area is 148 Å². The van der Waals surface area contributed by atoms with Crippen LogP contribution >= 0.6 is 0 Å². The van der Waals surface area contributed by atoms with Gasteiger partial charge in [-0.05, 0) is 31.7 Å². The number of hydrogen-bond acceptors (Lipinski definition) is 4. The van der Waals surface area contributed by atoms with Gasteiger partial charge in [0, 0.05) is 29.7 Å². The summed E-state index contributed by atoms with van der Waals surface area (Å²) in [4.78, 5) is 26.2. The number of pyridine rings is 1. The van der Waals surface area contributed by atoms with E-state index >= 15 is 4.39 Å². The number of nitrogens with zero attached hydrogens (tertiary/aromatic N) is 2. The highest BCUT2D eigenvalue weighted by Crippen LogP contribution is 2.43. The van der Waals surface area contributed by atoms with E-state index in [9.17, 15) is 14.7 Å². The van der Waals surface area contributed by atoms with Crippen molar-refractivity contribution in [2.24, 2.45) is 0 Å². The summed E-state index contributed by atoms with van der Waals surface area (Å²) in [6.45, 7) is 1.77. The van der Waals surface area contributed by atoms with Crippen molar-refractivity contribution in [3.63, 3.8) is 0 Å². The lowest BCUT2D eigenvalue weighted by Crippen LogP contribution is -2.48. The molecule has 1 aromatic carbocycles. The fraction of sp³-hybridized carbons (Fsp3) is 0.474. The minimum atomic E-state index is -1.27. The van der Waals surface area contributed by atoms with Gasteiger partial charge in [-0.3, -0.25) is 4.79 Å². The van der Waals surface area contributed by atoms with Gasteiger partial charge in [0.25, 0.3) is 0 Å². The number of morpholine rings is 1. The summed E-state index contributed by atoms with van der Waals surface area (Å²) in [5.74, 6) is -1.71. The molecule has 1 unspecified atom stereocenters. The Hall–Kier alpha value is -2.41. The Balaban J connectivity index is 1.84. The number of aryl methyl sites for hydroxylation is 1. The summed E-state index contributed by atoms with van der Waals surface area (Å²) in [5.41, 5.74) is 1.22. The smallest absolute Gasteiger partial charge is 0.341 e. The topological polar surface area (TPSA) is 71.8 Å². The summed E-state index contributed by atoms with van der Waals surface area (Å²) in [6, 6.07) is 1.58. The van der Waals surface area contributed by atoms with Crippen molar-refractivity contribution >= 4 is 22.6 Å². The molecule has 2 aliphatic heterocycles. The molecule has 1 N–H and O–H groups in total. The second kappa shape index (κ2) is 5.54. The van der Waals surface area contributed by atoms with Crippen LogP contribution in [0.2, 0.25) is 0 Å². The molecule has 1 saturated carbocycles. The van der Waals surface area contributed by atoms with Crippen LogP contribution in [-0.4, -0.2) is 41.4 Å². The monoisotopic (exact) mass is 358 g/mol. The van der Waals surface area contributed by atoms with E-state index in [0.717, 1.165) is 24.8 Å². The predicted octanol–water partition coefficient (Wildman–Crippen LogP) is 2.33. The number of hydrogen-bond donors (Lipinski definition) is 1. The van der Waals surface area contributed by atoms with E-state index < -0.39 is 17.2 Å². The largest absolute Gasteiger partial charge is 0.477 e. The molecule has 2 aromatic rings. The summed E-state index contributed by atoms with van der Waals surface area (Å²) in [5, 5.41) is 9.56. The Morgan fingerprint density at radius 2 is 2.08 bits per heavy atom. The molecule has 1 atom stereocenters. The van der Waals surface area contributed by atoms with Crippen LogP contribution in [0.5, 0.6) is 0 Å². The van der Waals surface area contributed by atoms with Crippen LogP contribution in [0, 0.1) is 5.82 Å². The maximum atomic E-state index is 15.1. The highest BCUT2D eigenvalue weighted by molar-refractivity contribution is 5.95. The van der Waals surface area contributed by atoms with Gasteiger partial charge in [-0.1, -0.05) is 0 Å². The number of benzene rings is 1. The maximum absolute atomic E-state index is 15.1. The molecule has 0 spiro atoms. The van der Waals surface area contributed by atoms with Crippen molar-refractivity contribution < 1.29 is 19.0 Å². The third kappa shape index (κ3) is 2.19. The van der Waals surface area contributed by atoms with E-state index in [1.165, 1.54) is 12.3 Å². The Morgan fingerprint density at radius 3 is 2.81 bits per heavy atom. The van der Waals surface area contributed by atoms with Crippen LogP contribution in [0.15, 0.2) is 17.1 Å². The van der Waals surface area contributed by atoms with E-state index in [-0.39, 0.29) is 23.0 Å². The SMILES string of the molecule is O=C(O)c1cn(C2CC2)c2c3c(c(F)cc2c1=O)N1CCOCC1CC3. The fourth-order valence-electron chi connectivity index (χ4n) is 4.40. The highest BCUT2D eigenvalue weighted by Gasteiger charge is 2.35. The molecule has 0 amide bonds. The van der Waals surface area contributed by atoms with Crippen molar-refractivity contribution in [1.29, 1.82) is 0 Å². The summed E-state index contributed by atoms with van der Waals surface area (Å²) < 4.78 is 22.5. The zero-order valence-corrected chi connectivity index (χ0v) is 14.2. The van der Waals surface area contributed by atoms with Crippen LogP contribution in [0.4, 0.5) is 10.1 Å². The molecule has 5 rings (SSSR count). The number of carbonyl (C=O) groups is 1. The van der Waals surface area contributed by atoms with Crippen molar-refractivity contribution in [3.05, 3.63) is 39.4 Å². The molecule has 26 heavy (non-hydrogen) atoms. The number of carboxylic acid groups (broad SMARTS) is 1. The molecule has 0 radical (unpaired) electrons. The second-order valence-electron chi connectivity index (χ2n) is 7.36. The van der Waals surface area contributed by atoms with Crippen LogP contribution in [-0.2, 0) is 11.2 Å². The van der Waals surface area contributed by atoms with E-state index in [1.54, 1.807) is 0 Å². The van der Waals surface area contributed by atoms with E-state index in [2.05, 4.69) is 4.90 Å². The molecule has 2 fully saturated rings. The zero-order valence-electron chi connectivity index (χ0n) is 14.2. The van der Waals surface area contributed by atoms with Crippen LogP contribution < -0.4 is 10.3 Å². The second-order valence-corrected chi connectivity index (χ2v) is 7.36. The normalized spacial score (nSPS) is 22.2. The van der Waals surface area contributed by atoms with Crippen molar-refractivity contribution in [2.45, 2.75) is 37.8 Å². The van der Waals surface area contributed by atoms with Gasteiger partial charge in [-0.15, -0.1) is 0 Å². The number of halogens is 1. The molecule has 0 bridgehead atoms. The molecule has 3 heterocycles. The summed E-state index contributed by atoms with van der Waals surface area (Å²) in [6.07, 6.45) is 4.85. The minimum absolute atomic E-state index is 0.155.